The lowest BCUT2D eigenvalue weighted by Crippen LogP contribution is -2.32. The zero-order chi connectivity index (χ0) is 21.3. The van der Waals surface area contributed by atoms with Gasteiger partial charge in [0.25, 0.3) is 5.56 Å². The number of aromatic nitrogens is 2. The van der Waals surface area contributed by atoms with E-state index >= 15 is 0 Å². The summed E-state index contributed by atoms with van der Waals surface area (Å²) in [6, 6.07) is 17.0. The second-order valence-corrected chi connectivity index (χ2v) is 8.31. The van der Waals surface area contributed by atoms with E-state index in [4.69, 9.17) is 0 Å². The van der Waals surface area contributed by atoms with Crippen LogP contribution in [0.3, 0.4) is 0 Å². The van der Waals surface area contributed by atoms with Crippen LogP contribution in [-0.2, 0) is 11.2 Å². The number of hydrogen-bond acceptors (Lipinski definition) is 4. The Morgan fingerprint density at radius 3 is 2.67 bits per heavy atom. The van der Waals surface area contributed by atoms with Gasteiger partial charge in [-0.15, -0.1) is 11.3 Å². The number of thiophene rings is 1. The van der Waals surface area contributed by atoms with Gasteiger partial charge in [0.2, 0.25) is 5.91 Å². The van der Waals surface area contributed by atoms with Crippen LogP contribution in [0.2, 0.25) is 0 Å². The van der Waals surface area contributed by atoms with Gasteiger partial charge in [0, 0.05) is 10.6 Å². The first-order chi connectivity index (χ1) is 14.5. The topological polar surface area (TPSA) is 64.0 Å². The Labute approximate surface area is 179 Å². The van der Waals surface area contributed by atoms with Crippen LogP contribution < -0.4 is 10.9 Å². The molecule has 2 heterocycles. The Kier molecular flexibility index (Phi) is 5.50. The van der Waals surface area contributed by atoms with Crippen LogP contribution in [0, 0.1) is 6.92 Å². The normalized spacial score (nSPS) is 12.1. The summed E-state index contributed by atoms with van der Waals surface area (Å²) < 4.78 is 1.41. The molecule has 30 heavy (non-hydrogen) atoms. The maximum Gasteiger partial charge on any atom is 0.262 e. The van der Waals surface area contributed by atoms with Crippen molar-refractivity contribution >= 4 is 33.1 Å². The van der Waals surface area contributed by atoms with Crippen LogP contribution in [0.25, 0.3) is 20.7 Å². The monoisotopic (exact) mass is 417 g/mol. The summed E-state index contributed by atoms with van der Waals surface area (Å²) in [5, 5.41) is 3.54. The van der Waals surface area contributed by atoms with E-state index in [9.17, 15) is 9.59 Å². The van der Waals surface area contributed by atoms with Crippen molar-refractivity contribution in [1.29, 1.82) is 0 Å². The lowest BCUT2D eigenvalue weighted by Gasteiger charge is -2.18. The number of para-hydroxylation sites is 1. The Morgan fingerprint density at radius 2 is 1.93 bits per heavy atom. The summed E-state index contributed by atoms with van der Waals surface area (Å²) >= 11 is 1.48. The van der Waals surface area contributed by atoms with Crippen molar-refractivity contribution in [2.24, 2.45) is 0 Å². The molecule has 2 aromatic carbocycles. The molecule has 2 aromatic heterocycles. The number of amides is 1. The van der Waals surface area contributed by atoms with E-state index < -0.39 is 6.04 Å². The molecule has 0 fully saturated rings. The number of nitrogens with one attached hydrogen (secondary N) is 1. The van der Waals surface area contributed by atoms with Crippen molar-refractivity contribution in [2.75, 3.05) is 5.32 Å². The summed E-state index contributed by atoms with van der Waals surface area (Å²) in [7, 11) is 0. The molecule has 1 amide bonds. The van der Waals surface area contributed by atoms with Crippen LogP contribution >= 0.6 is 11.3 Å². The number of nitrogens with zero attached hydrogens (tertiary/aromatic N) is 2. The van der Waals surface area contributed by atoms with Gasteiger partial charge >= 0.3 is 0 Å². The van der Waals surface area contributed by atoms with Crippen LogP contribution in [0.5, 0.6) is 0 Å². The van der Waals surface area contributed by atoms with Crippen molar-refractivity contribution < 1.29 is 4.79 Å². The van der Waals surface area contributed by atoms with E-state index in [-0.39, 0.29) is 11.5 Å². The van der Waals surface area contributed by atoms with E-state index in [1.54, 1.807) is 6.92 Å². The van der Waals surface area contributed by atoms with Gasteiger partial charge in [-0.3, -0.25) is 14.2 Å². The number of fused-ring (bicyclic) bond motifs is 1. The van der Waals surface area contributed by atoms with Crippen LogP contribution in [-0.4, -0.2) is 15.5 Å². The lowest BCUT2D eigenvalue weighted by molar-refractivity contribution is -0.118. The van der Waals surface area contributed by atoms with E-state index in [2.05, 4.69) is 17.2 Å². The van der Waals surface area contributed by atoms with Crippen molar-refractivity contribution in [3.63, 3.8) is 0 Å². The highest BCUT2D eigenvalue weighted by atomic mass is 32.1. The van der Waals surface area contributed by atoms with Crippen molar-refractivity contribution in [2.45, 2.75) is 33.2 Å². The number of carbonyl (C=O) groups excluding carboxylic acids is 1. The molecule has 0 unspecified atom stereocenters. The minimum absolute atomic E-state index is 0.207. The van der Waals surface area contributed by atoms with Gasteiger partial charge in [-0.05, 0) is 43.0 Å². The molecule has 0 saturated heterocycles. The van der Waals surface area contributed by atoms with Gasteiger partial charge in [-0.1, -0.05) is 55.5 Å². The average molecular weight is 418 g/mol. The lowest BCUT2D eigenvalue weighted by atomic mass is 10.1. The molecule has 6 heteroatoms. The maximum atomic E-state index is 13.1. The van der Waals surface area contributed by atoms with Crippen LogP contribution in [0.4, 0.5) is 5.69 Å². The van der Waals surface area contributed by atoms with Gasteiger partial charge in [0.1, 0.15) is 10.9 Å². The van der Waals surface area contributed by atoms with E-state index in [0.29, 0.717) is 10.2 Å². The van der Waals surface area contributed by atoms with E-state index in [0.717, 1.165) is 33.7 Å². The van der Waals surface area contributed by atoms with Crippen molar-refractivity contribution in [3.05, 3.63) is 82.4 Å². The first-order valence-corrected chi connectivity index (χ1v) is 10.8. The summed E-state index contributed by atoms with van der Waals surface area (Å²) in [5.41, 5.74) is 3.73. The first-order valence-electron chi connectivity index (χ1n) is 9.95. The average Bonchev–Trinajstić information content (AvgIpc) is 3.21. The Hall–Kier alpha value is -3.25. The first kappa shape index (κ1) is 20.0. The molecule has 4 rings (SSSR count). The van der Waals surface area contributed by atoms with Gasteiger partial charge < -0.3 is 5.32 Å². The summed E-state index contributed by atoms with van der Waals surface area (Å²) in [6.45, 7) is 5.74. The fourth-order valence-corrected chi connectivity index (χ4v) is 4.51. The maximum absolute atomic E-state index is 13.1. The highest BCUT2D eigenvalue weighted by molar-refractivity contribution is 7.21. The third-order valence-corrected chi connectivity index (χ3v) is 6.41. The highest BCUT2D eigenvalue weighted by Crippen LogP contribution is 2.31. The van der Waals surface area contributed by atoms with Crippen LogP contribution in [0.15, 0.2) is 65.7 Å². The van der Waals surface area contributed by atoms with E-state index in [1.807, 2.05) is 61.5 Å². The number of hydrogen-bond donors (Lipinski definition) is 1. The molecule has 4 aromatic rings. The standard InChI is InChI=1S/C24H23N3O2S/c1-4-17-12-8-9-15(2)21(17)26-22(28)16(3)27-14-25-23-19(24(27)29)13-20(30-23)18-10-6-5-7-11-18/h5-14,16H,4H2,1-3H3,(H,26,28)/t16-/m0/s1. The second-order valence-electron chi connectivity index (χ2n) is 7.28. The molecule has 1 N–H and O–H groups in total. The van der Waals surface area contributed by atoms with Gasteiger partial charge in [0.15, 0.2) is 0 Å². The minimum Gasteiger partial charge on any atom is -0.324 e. The molecule has 1 atom stereocenters. The molecule has 152 valence electrons. The number of aryl methyl sites for hydroxylation is 2. The fraction of sp³-hybridized carbons (Fsp3) is 0.208. The molecule has 0 radical (unpaired) electrons. The molecule has 0 aliphatic carbocycles. The summed E-state index contributed by atoms with van der Waals surface area (Å²) in [5.74, 6) is -0.235. The summed E-state index contributed by atoms with van der Waals surface area (Å²) in [4.78, 5) is 32.2. The zero-order valence-electron chi connectivity index (χ0n) is 17.2. The molecule has 0 spiro atoms. The fourth-order valence-electron chi connectivity index (χ4n) is 3.51. The Balaban J connectivity index is 1.67. The minimum atomic E-state index is -0.682. The van der Waals surface area contributed by atoms with Crippen molar-refractivity contribution in [1.82, 2.24) is 9.55 Å². The largest absolute Gasteiger partial charge is 0.324 e. The Morgan fingerprint density at radius 1 is 1.17 bits per heavy atom. The number of carbonyl (C=O) groups is 1. The molecular weight excluding hydrogens is 394 g/mol. The Bertz CT molecular complexity index is 1270. The number of benzene rings is 2. The second kappa shape index (κ2) is 8.24. The van der Waals surface area contributed by atoms with Gasteiger partial charge in [-0.25, -0.2) is 4.98 Å². The molecule has 0 saturated carbocycles. The third-order valence-electron chi connectivity index (χ3n) is 5.32. The third kappa shape index (κ3) is 3.66. The summed E-state index contributed by atoms with van der Waals surface area (Å²) in [6.07, 6.45) is 2.29. The predicted molar refractivity (Wildman–Crippen MR) is 123 cm³/mol. The van der Waals surface area contributed by atoms with E-state index in [1.165, 1.54) is 22.2 Å². The van der Waals surface area contributed by atoms with Gasteiger partial charge in [-0.2, -0.15) is 0 Å². The molecular formula is C24H23N3O2S. The molecule has 0 bridgehead atoms. The highest BCUT2D eigenvalue weighted by Gasteiger charge is 2.20. The smallest absolute Gasteiger partial charge is 0.262 e. The number of anilines is 1. The number of rotatable bonds is 5. The van der Waals surface area contributed by atoms with Gasteiger partial charge in [0.05, 0.1) is 11.7 Å². The SMILES string of the molecule is CCc1cccc(C)c1NC(=O)[C@H](C)n1cnc2sc(-c3ccccc3)cc2c1=O. The van der Waals surface area contributed by atoms with Crippen molar-refractivity contribution in [3.8, 4) is 10.4 Å². The van der Waals surface area contributed by atoms with Crippen LogP contribution in [0.1, 0.15) is 31.0 Å². The molecule has 5 nitrogen and oxygen atoms in total. The quantitative estimate of drug-likeness (QED) is 0.486. The predicted octanol–water partition coefficient (Wildman–Crippen LogP) is 5.20. The molecule has 0 aliphatic heterocycles. The zero-order valence-corrected chi connectivity index (χ0v) is 18.0. The molecule has 0 aliphatic rings.